The average molecular weight is 1080 g/mol. The second-order valence-corrected chi connectivity index (χ2v) is 21.3. The zero-order valence-corrected chi connectivity index (χ0v) is 50.9. The predicted octanol–water partition coefficient (Wildman–Crippen LogP) is 22.4. The lowest BCUT2D eigenvalue weighted by Gasteiger charge is -2.18. The molecule has 0 spiro atoms. The molecule has 0 radical (unpaired) electrons. The summed E-state index contributed by atoms with van der Waals surface area (Å²) in [6.45, 7) is 6.42. The Morgan fingerprint density at radius 2 is 0.526 bits per heavy atom. The minimum absolute atomic E-state index is 0.100. The first-order valence-electron chi connectivity index (χ1n) is 32.5. The summed E-state index contributed by atoms with van der Waals surface area (Å²) in [5.74, 6) is -0.953. The van der Waals surface area contributed by atoms with Gasteiger partial charge in [0, 0.05) is 19.3 Å². The predicted molar refractivity (Wildman–Crippen MR) is 339 cm³/mol. The lowest BCUT2D eigenvalue weighted by molar-refractivity contribution is -0.167. The number of esters is 3. The third kappa shape index (κ3) is 62.7. The van der Waals surface area contributed by atoms with Gasteiger partial charge in [-0.15, -0.1) is 0 Å². The lowest BCUT2D eigenvalue weighted by atomic mass is 10.0. The highest BCUT2D eigenvalue weighted by Gasteiger charge is 2.19. The average Bonchev–Trinajstić information content (AvgIpc) is 3.44. The van der Waals surface area contributed by atoms with Gasteiger partial charge in [-0.25, -0.2) is 0 Å². The van der Waals surface area contributed by atoms with Crippen molar-refractivity contribution >= 4 is 17.9 Å². The number of hydrogen-bond acceptors (Lipinski definition) is 6. The second kappa shape index (κ2) is 65.3. The fourth-order valence-electron chi connectivity index (χ4n) is 8.81. The zero-order chi connectivity index (χ0) is 56.4. The Kier molecular flexibility index (Phi) is 61.8. The van der Waals surface area contributed by atoms with E-state index in [1.54, 1.807) is 0 Å². The molecule has 1 unspecified atom stereocenters. The molecule has 0 aromatic heterocycles. The zero-order valence-electron chi connectivity index (χ0n) is 50.9. The molecule has 6 nitrogen and oxygen atoms in total. The third-order valence-electron chi connectivity index (χ3n) is 13.7. The van der Waals surface area contributed by atoms with E-state index in [1.165, 1.54) is 128 Å². The number of carbonyl (C=O) groups excluding carboxylic acids is 3. The molecule has 0 bridgehead atoms. The van der Waals surface area contributed by atoms with Gasteiger partial charge < -0.3 is 14.2 Å². The first kappa shape index (κ1) is 73.8. The number of rotatable bonds is 58. The van der Waals surface area contributed by atoms with Crippen molar-refractivity contribution in [2.24, 2.45) is 0 Å². The maximum Gasteiger partial charge on any atom is 0.306 e. The molecule has 78 heavy (non-hydrogen) atoms. The van der Waals surface area contributed by atoms with Gasteiger partial charge in [0.2, 0.25) is 0 Å². The second-order valence-electron chi connectivity index (χ2n) is 21.3. The van der Waals surface area contributed by atoms with Gasteiger partial charge in [0.05, 0.1) is 0 Å². The van der Waals surface area contributed by atoms with E-state index in [-0.39, 0.29) is 37.5 Å². The van der Waals surface area contributed by atoms with Gasteiger partial charge in [0.25, 0.3) is 0 Å². The molecule has 6 heteroatoms. The first-order chi connectivity index (χ1) is 38.5. The summed E-state index contributed by atoms with van der Waals surface area (Å²) in [4.78, 5) is 38.2. The summed E-state index contributed by atoms with van der Waals surface area (Å²) in [6.07, 6.45) is 90.8. The highest BCUT2D eigenvalue weighted by atomic mass is 16.6. The van der Waals surface area contributed by atoms with Crippen LogP contribution in [-0.4, -0.2) is 37.2 Å². The molecule has 0 aliphatic heterocycles. The van der Waals surface area contributed by atoms with E-state index in [0.29, 0.717) is 19.3 Å². The first-order valence-corrected chi connectivity index (χ1v) is 32.5. The van der Waals surface area contributed by atoms with Crippen molar-refractivity contribution in [3.8, 4) is 0 Å². The Morgan fingerprint density at radius 3 is 0.872 bits per heavy atom. The van der Waals surface area contributed by atoms with E-state index >= 15 is 0 Å². The van der Waals surface area contributed by atoms with E-state index in [0.717, 1.165) is 122 Å². The van der Waals surface area contributed by atoms with Crippen LogP contribution >= 0.6 is 0 Å². The molecule has 0 amide bonds. The van der Waals surface area contributed by atoms with Crippen LogP contribution in [0.5, 0.6) is 0 Å². The fraction of sp³-hybridized carbons (Fsp3) is 0.681. The largest absolute Gasteiger partial charge is 0.462 e. The maximum atomic E-state index is 12.9. The van der Waals surface area contributed by atoms with Crippen LogP contribution in [0.1, 0.15) is 297 Å². The standard InChI is InChI=1S/C72H120O6/c1-4-7-10-13-16-19-22-24-26-28-30-32-33-34-35-36-37-38-39-41-42-44-46-48-50-53-56-59-62-65-71(74)77-68-69(67-76-70(73)64-61-58-55-52-21-18-15-12-9-6-3)78-72(75)66-63-60-57-54-51-49-47-45-43-40-31-29-27-25-23-20-17-14-11-8-5-2/h8,11-12,15,17,20,22,24-25,27-28,30-31,33-34,40,45,47,51,54,69H,4-7,9-10,13-14,16,18-19,21,23,26,29,32,35-39,41-44,46,48-50,52-53,55-68H2,1-3H3/b11-8-,15-12-,20-17-,24-22-,27-25-,30-28-,34-33-,40-31-,47-45-,54-51-. The van der Waals surface area contributed by atoms with Crippen LogP contribution in [0.2, 0.25) is 0 Å². The number of unbranched alkanes of at least 4 members (excludes halogenated alkanes) is 27. The number of carbonyl (C=O) groups is 3. The topological polar surface area (TPSA) is 78.9 Å². The van der Waals surface area contributed by atoms with Gasteiger partial charge in [-0.1, -0.05) is 271 Å². The number of allylic oxidation sites excluding steroid dienone is 20. The summed E-state index contributed by atoms with van der Waals surface area (Å²) in [6, 6.07) is 0. The summed E-state index contributed by atoms with van der Waals surface area (Å²) in [7, 11) is 0. The van der Waals surface area contributed by atoms with Crippen molar-refractivity contribution in [2.45, 2.75) is 303 Å². The summed E-state index contributed by atoms with van der Waals surface area (Å²) in [5.41, 5.74) is 0. The van der Waals surface area contributed by atoms with Crippen LogP contribution in [0, 0.1) is 0 Å². The molecule has 444 valence electrons. The summed E-state index contributed by atoms with van der Waals surface area (Å²) < 4.78 is 16.8. The van der Waals surface area contributed by atoms with Crippen molar-refractivity contribution in [3.63, 3.8) is 0 Å². The van der Waals surface area contributed by atoms with Gasteiger partial charge in [0.15, 0.2) is 6.10 Å². The molecular weight excluding hydrogens is 961 g/mol. The minimum atomic E-state index is -0.808. The third-order valence-corrected chi connectivity index (χ3v) is 13.7. The quantitative estimate of drug-likeness (QED) is 0.0261. The van der Waals surface area contributed by atoms with Gasteiger partial charge in [-0.05, 0) is 128 Å². The van der Waals surface area contributed by atoms with Crippen molar-refractivity contribution < 1.29 is 28.6 Å². The van der Waals surface area contributed by atoms with Gasteiger partial charge >= 0.3 is 17.9 Å². The Hall–Kier alpha value is -4.19. The minimum Gasteiger partial charge on any atom is -0.462 e. The van der Waals surface area contributed by atoms with E-state index in [4.69, 9.17) is 14.2 Å². The van der Waals surface area contributed by atoms with Crippen molar-refractivity contribution in [3.05, 3.63) is 122 Å². The van der Waals surface area contributed by atoms with Crippen LogP contribution < -0.4 is 0 Å². The van der Waals surface area contributed by atoms with E-state index in [2.05, 4.69) is 142 Å². The monoisotopic (exact) mass is 1080 g/mol. The van der Waals surface area contributed by atoms with Crippen LogP contribution in [0.4, 0.5) is 0 Å². The van der Waals surface area contributed by atoms with Gasteiger partial charge in [-0.3, -0.25) is 14.4 Å². The summed E-state index contributed by atoms with van der Waals surface area (Å²) >= 11 is 0. The fourth-order valence-corrected chi connectivity index (χ4v) is 8.81. The smallest absolute Gasteiger partial charge is 0.306 e. The molecule has 0 aliphatic carbocycles. The highest BCUT2D eigenvalue weighted by molar-refractivity contribution is 5.71. The molecule has 0 aromatic carbocycles. The Bertz CT molecular complexity index is 1620. The van der Waals surface area contributed by atoms with Crippen LogP contribution in [0.25, 0.3) is 0 Å². The van der Waals surface area contributed by atoms with Crippen LogP contribution in [0.3, 0.4) is 0 Å². The number of hydrogen-bond donors (Lipinski definition) is 0. The van der Waals surface area contributed by atoms with E-state index in [9.17, 15) is 14.4 Å². The molecule has 1 atom stereocenters. The number of ether oxygens (including phenoxy) is 3. The molecule has 0 aliphatic rings. The molecule has 0 rings (SSSR count). The van der Waals surface area contributed by atoms with Crippen LogP contribution in [0.15, 0.2) is 122 Å². The highest BCUT2D eigenvalue weighted by Crippen LogP contribution is 2.16. The molecule has 0 aromatic rings. The van der Waals surface area contributed by atoms with E-state index < -0.39 is 6.10 Å². The lowest BCUT2D eigenvalue weighted by Crippen LogP contribution is -2.30. The molecule has 0 N–H and O–H groups in total. The molecule has 0 fully saturated rings. The Morgan fingerprint density at radius 1 is 0.269 bits per heavy atom. The SMILES string of the molecule is CC/C=C\C/C=C\C/C=C\C/C=C\C/C=C\C/C=C\CCCCC(=O)OC(COC(=O)CCCCCCC/C=C\CCC)COC(=O)CCCCCCCCCCCCCCCC/C=C\C/C=C\C/C=C\CCCCCCC. The molecule has 0 saturated heterocycles. The van der Waals surface area contributed by atoms with Crippen molar-refractivity contribution in [2.75, 3.05) is 13.2 Å². The Labute approximate surface area is 482 Å². The summed E-state index contributed by atoms with van der Waals surface area (Å²) in [5, 5.41) is 0. The molecular formula is C72H120O6. The Balaban J connectivity index is 4.28. The van der Waals surface area contributed by atoms with Gasteiger partial charge in [0.1, 0.15) is 13.2 Å². The molecule has 0 heterocycles. The van der Waals surface area contributed by atoms with Crippen LogP contribution in [-0.2, 0) is 28.6 Å². The van der Waals surface area contributed by atoms with Gasteiger partial charge in [-0.2, -0.15) is 0 Å². The maximum absolute atomic E-state index is 12.9. The molecule has 0 saturated carbocycles. The van der Waals surface area contributed by atoms with Crippen molar-refractivity contribution in [1.29, 1.82) is 0 Å². The normalized spacial score (nSPS) is 12.9. The van der Waals surface area contributed by atoms with Crippen molar-refractivity contribution in [1.82, 2.24) is 0 Å². The van der Waals surface area contributed by atoms with E-state index in [1.807, 2.05) is 0 Å².